The second kappa shape index (κ2) is 8.88. The molecule has 0 saturated carbocycles. The van der Waals surface area contributed by atoms with Crippen LogP contribution in [0.2, 0.25) is 0 Å². The topological polar surface area (TPSA) is 46.6 Å². The molecule has 184 valence electrons. The van der Waals surface area contributed by atoms with Crippen LogP contribution in [0.25, 0.3) is 11.1 Å². The zero-order chi connectivity index (χ0) is 24.9. The molecule has 2 aliphatic carbocycles. The summed E-state index contributed by atoms with van der Waals surface area (Å²) in [7, 11) is 0. The molecule has 0 saturated heterocycles. The fourth-order valence-corrected chi connectivity index (χ4v) is 6.83. The molecule has 2 aliphatic heterocycles. The van der Waals surface area contributed by atoms with E-state index in [2.05, 4.69) is 35.3 Å². The molecule has 7 rings (SSSR count). The highest BCUT2D eigenvalue weighted by molar-refractivity contribution is 6.00. The molecule has 3 aromatic rings. The summed E-state index contributed by atoms with van der Waals surface area (Å²) in [4.78, 5) is 28.8. The lowest BCUT2D eigenvalue weighted by Crippen LogP contribution is -2.44. The average molecular weight is 488 g/mol. The van der Waals surface area contributed by atoms with Crippen LogP contribution in [0.4, 0.5) is 5.69 Å². The first-order valence-electron chi connectivity index (χ1n) is 13.3. The van der Waals surface area contributed by atoms with Crippen LogP contribution in [0.1, 0.15) is 56.5 Å². The first-order valence-corrected chi connectivity index (χ1v) is 13.3. The van der Waals surface area contributed by atoms with E-state index in [4.69, 9.17) is 4.74 Å². The van der Waals surface area contributed by atoms with E-state index in [0.717, 1.165) is 42.6 Å². The predicted molar refractivity (Wildman–Crippen MR) is 145 cm³/mol. The van der Waals surface area contributed by atoms with Gasteiger partial charge in [0, 0.05) is 36.2 Å². The number of benzene rings is 3. The van der Waals surface area contributed by atoms with Gasteiger partial charge in [0.05, 0.1) is 5.56 Å². The predicted octanol–water partition coefficient (Wildman–Crippen LogP) is 6.55. The maximum absolute atomic E-state index is 13.4. The molecular formula is C33H29NO3. The zero-order valence-electron chi connectivity index (χ0n) is 20.7. The first kappa shape index (κ1) is 22.3. The molecule has 4 nitrogen and oxygen atoms in total. The molecule has 0 N–H and O–H groups in total. The van der Waals surface area contributed by atoms with Gasteiger partial charge in [-0.3, -0.25) is 4.79 Å². The second-order valence-corrected chi connectivity index (χ2v) is 10.7. The van der Waals surface area contributed by atoms with Crippen LogP contribution < -0.4 is 4.90 Å². The number of carbonyl (C=O) groups excluding carboxylic acids is 2. The van der Waals surface area contributed by atoms with Crippen LogP contribution >= 0.6 is 0 Å². The van der Waals surface area contributed by atoms with Gasteiger partial charge in [0.15, 0.2) is 12.4 Å². The average Bonchev–Trinajstić information content (AvgIpc) is 3.62. The lowest BCUT2D eigenvalue weighted by Gasteiger charge is -2.46. The zero-order valence-corrected chi connectivity index (χ0v) is 20.7. The highest BCUT2D eigenvalue weighted by Crippen LogP contribution is 2.53. The molecule has 0 unspecified atom stereocenters. The van der Waals surface area contributed by atoms with Crippen molar-refractivity contribution in [2.24, 2.45) is 11.8 Å². The van der Waals surface area contributed by atoms with Crippen molar-refractivity contribution in [1.29, 1.82) is 0 Å². The standard InChI is InChI=1S/C33H29NO3/c35-30(23-14-12-22(13-15-23)21-6-2-1-3-7-21)20-37-33(36)29-17-16-28-26-10-4-8-24(26)18-34-19-25-9-5-11-27(25)31(29)32(28)34/h1-7,10-17,24-27H,8-9,18-20H2/t24-,25-,26+,27+/m0/s1. The Labute approximate surface area is 217 Å². The van der Waals surface area contributed by atoms with Gasteiger partial charge < -0.3 is 9.64 Å². The van der Waals surface area contributed by atoms with Crippen molar-refractivity contribution >= 4 is 17.4 Å². The fraction of sp³-hybridized carbons (Fsp3) is 0.273. The number of nitrogens with zero attached hydrogens (tertiary/aromatic N) is 1. The number of fused-ring (bicyclic) bond motifs is 4. The van der Waals surface area contributed by atoms with E-state index in [-0.39, 0.29) is 18.3 Å². The third-order valence-electron chi connectivity index (χ3n) is 8.62. The molecule has 4 heteroatoms. The van der Waals surface area contributed by atoms with Crippen molar-refractivity contribution in [2.45, 2.75) is 24.7 Å². The maximum Gasteiger partial charge on any atom is 0.338 e. The minimum Gasteiger partial charge on any atom is -0.454 e. The van der Waals surface area contributed by atoms with Gasteiger partial charge in [-0.15, -0.1) is 0 Å². The monoisotopic (exact) mass is 487 g/mol. The number of allylic oxidation sites excluding steroid dienone is 4. The molecule has 0 radical (unpaired) electrons. The van der Waals surface area contributed by atoms with Crippen molar-refractivity contribution in [3.05, 3.63) is 113 Å². The van der Waals surface area contributed by atoms with E-state index < -0.39 is 5.97 Å². The number of rotatable bonds is 5. The number of esters is 1. The summed E-state index contributed by atoms with van der Waals surface area (Å²) in [5.41, 5.74) is 6.97. The number of hydrogen-bond acceptors (Lipinski definition) is 4. The van der Waals surface area contributed by atoms with Crippen LogP contribution in [-0.2, 0) is 4.74 Å². The molecule has 4 atom stereocenters. The lowest BCUT2D eigenvalue weighted by atomic mass is 9.73. The van der Waals surface area contributed by atoms with Crippen LogP contribution in [-0.4, -0.2) is 31.4 Å². The number of Topliss-reactive ketones (excluding diaryl/α,β-unsaturated/α-hetero) is 1. The molecule has 0 fully saturated rings. The summed E-state index contributed by atoms with van der Waals surface area (Å²) in [5, 5.41) is 0. The van der Waals surface area contributed by atoms with Crippen molar-refractivity contribution in [1.82, 2.24) is 0 Å². The van der Waals surface area contributed by atoms with Crippen LogP contribution in [0, 0.1) is 11.8 Å². The quantitative estimate of drug-likeness (QED) is 0.233. The normalized spacial score (nSPS) is 24.4. The van der Waals surface area contributed by atoms with Gasteiger partial charge in [-0.25, -0.2) is 4.79 Å². The summed E-state index contributed by atoms with van der Waals surface area (Å²) >= 11 is 0. The van der Waals surface area contributed by atoms with E-state index in [1.807, 2.05) is 48.5 Å². The fourth-order valence-electron chi connectivity index (χ4n) is 6.83. The SMILES string of the molecule is O=C(COC(=O)c1ccc2c3c1[C@@H]1C=CC[C@H]1CN3C[C@@H]1CC=C[C@@H]21)c1ccc(-c2ccccc2)cc1. The smallest absolute Gasteiger partial charge is 0.338 e. The molecule has 0 spiro atoms. The molecule has 4 aliphatic rings. The van der Waals surface area contributed by atoms with E-state index in [0.29, 0.717) is 28.9 Å². The highest BCUT2D eigenvalue weighted by atomic mass is 16.5. The Bertz CT molecular complexity index is 1430. The van der Waals surface area contributed by atoms with Crippen molar-refractivity contribution < 1.29 is 14.3 Å². The molecule has 2 heterocycles. The van der Waals surface area contributed by atoms with E-state index >= 15 is 0 Å². The summed E-state index contributed by atoms with van der Waals surface area (Å²) in [6.45, 7) is 1.81. The Hall–Kier alpha value is -3.92. The van der Waals surface area contributed by atoms with Gasteiger partial charge in [0.2, 0.25) is 0 Å². The van der Waals surface area contributed by atoms with Crippen molar-refractivity contribution in [3.8, 4) is 11.1 Å². The third-order valence-corrected chi connectivity index (χ3v) is 8.62. The van der Waals surface area contributed by atoms with Crippen LogP contribution in [0.5, 0.6) is 0 Å². The number of ketones is 1. The van der Waals surface area contributed by atoms with Crippen LogP contribution in [0.3, 0.4) is 0 Å². The Morgan fingerprint density at radius 3 is 2.22 bits per heavy atom. The highest BCUT2D eigenvalue weighted by Gasteiger charge is 2.44. The Morgan fingerprint density at radius 1 is 0.784 bits per heavy atom. The molecular weight excluding hydrogens is 458 g/mol. The largest absolute Gasteiger partial charge is 0.454 e. The Kier molecular flexibility index (Phi) is 5.35. The van der Waals surface area contributed by atoms with Crippen molar-refractivity contribution in [3.63, 3.8) is 0 Å². The van der Waals surface area contributed by atoms with Crippen LogP contribution in [0.15, 0.2) is 91.0 Å². The van der Waals surface area contributed by atoms with E-state index in [1.54, 1.807) is 12.1 Å². The molecule has 0 aromatic heterocycles. The summed E-state index contributed by atoms with van der Waals surface area (Å²) < 4.78 is 5.64. The molecule has 0 bridgehead atoms. The van der Waals surface area contributed by atoms with Gasteiger partial charge >= 0.3 is 5.97 Å². The summed E-state index contributed by atoms with van der Waals surface area (Å²) in [6.07, 6.45) is 11.3. The van der Waals surface area contributed by atoms with E-state index in [1.165, 1.54) is 11.3 Å². The van der Waals surface area contributed by atoms with Gasteiger partial charge in [-0.05, 0) is 53.0 Å². The van der Waals surface area contributed by atoms with Gasteiger partial charge in [-0.1, -0.05) is 85.0 Å². The number of carbonyl (C=O) groups is 2. The second-order valence-electron chi connectivity index (χ2n) is 10.7. The summed E-state index contributed by atoms with van der Waals surface area (Å²) in [6, 6.07) is 21.6. The third kappa shape index (κ3) is 3.74. The Balaban J connectivity index is 1.13. The lowest BCUT2D eigenvalue weighted by molar-refractivity contribution is 0.0473. The maximum atomic E-state index is 13.4. The Morgan fingerprint density at radius 2 is 1.46 bits per heavy atom. The van der Waals surface area contributed by atoms with E-state index in [9.17, 15) is 9.59 Å². The number of hydrogen-bond donors (Lipinski definition) is 0. The molecule has 0 amide bonds. The molecule has 3 aromatic carbocycles. The summed E-state index contributed by atoms with van der Waals surface area (Å²) in [5.74, 6) is 1.17. The van der Waals surface area contributed by atoms with Gasteiger partial charge in [0.1, 0.15) is 0 Å². The number of ether oxygens (including phenoxy) is 1. The van der Waals surface area contributed by atoms with Gasteiger partial charge in [-0.2, -0.15) is 0 Å². The van der Waals surface area contributed by atoms with Gasteiger partial charge in [0.25, 0.3) is 0 Å². The minimum atomic E-state index is -0.406. The minimum absolute atomic E-state index is 0.196. The van der Waals surface area contributed by atoms with Crippen molar-refractivity contribution in [2.75, 3.05) is 24.6 Å². The number of anilines is 1. The molecule has 37 heavy (non-hydrogen) atoms. The first-order chi connectivity index (χ1) is 18.2.